The monoisotopic (exact) mass is 380 g/mol. The molecule has 2 aromatic carbocycles. The van der Waals surface area contributed by atoms with Crippen LogP contribution in [-0.2, 0) is 4.79 Å². The molecule has 1 fully saturated rings. The zero-order valence-corrected chi connectivity index (χ0v) is 16.5. The molecule has 1 aliphatic heterocycles. The first kappa shape index (κ1) is 19.9. The van der Waals surface area contributed by atoms with E-state index in [0.29, 0.717) is 32.7 Å². The number of piperazine rings is 1. The van der Waals surface area contributed by atoms with Crippen molar-refractivity contribution in [3.63, 3.8) is 0 Å². The second-order valence-electron chi connectivity index (χ2n) is 7.26. The lowest BCUT2D eigenvalue weighted by Crippen LogP contribution is -2.53. The van der Waals surface area contributed by atoms with Crippen molar-refractivity contribution in [1.82, 2.24) is 15.1 Å². The van der Waals surface area contributed by atoms with Gasteiger partial charge in [-0.3, -0.25) is 9.69 Å². The number of anilines is 1. The van der Waals surface area contributed by atoms with Crippen molar-refractivity contribution < 1.29 is 9.59 Å². The van der Waals surface area contributed by atoms with Gasteiger partial charge in [0.25, 0.3) is 0 Å². The molecule has 0 bridgehead atoms. The third kappa shape index (κ3) is 5.57. The minimum atomic E-state index is -0.0555. The van der Waals surface area contributed by atoms with Gasteiger partial charge in [0.05, 0.1) is 12.6 Å². The van der Waals surface area contributed by atoms with Crippen molar-refractivity contribution in [2.45, 2.75) is 19.9 Å². The van der Waals surface area contributed by atoms with Crippen LogP contribution in [0.4, 0.5) is 10.5 Å². The van der Waals surface area contributed by atoms with Gasteiger partial charge in [-0.05, 0) is 31.5 Å². The summed E-state index contributed by atoms with van der Waals surface area (Å²) < 4.78 is 0. The van der Waals surface area contributed by atoms with E-state index in [9.17, 15) is 9.59 Å². The van der Waals surface area contributed by atoms with Gasteiger partial charge >= 0.3 is 6.03 Å². The Labute approximate surface area is 166 Å². The van der Waals surface area contributed by atoms with Gasteiger partial charge in [-0.2, -0.15) is 0 Å². The van der Waals surface area contributed by atoms with Gasteiger partial charge in [0.2, 0.25) is 5.91 Å². The number of nitrogens with zero attached hydrogens (tertiary/aromatic N) is 2. The Hall–Kier alpha value is -2.86. The molecule has 28 heavy (non-hydrogen) atoms. The molecule has 1 atom stereocenters. The van der Waals surface area contributed by atoms with E-state index in [0.717, 1.165) is 16.8 Å². The Bertz CT molecular complexity index is 784. The summed E-state index contributed by atoms with van der Waals surface area (Å²) in [6.45, 7) is 6.95. The molecule has 0 aliphatic carbocycles. The molecule has 1 aliphatic rings. The summed E-state index contributed by atoms with van der Waals surface area (Å²) in [6.07, 6.45) is 0. The Morgan fingerprint density at radius 2 is 1.61 bits per heavy atom. The van der Waals surface area contributed by atoms with E-state index in [2.05, 4.69) is 15.5 Å². The lowest BCUT2D eigenvalue weighted by atomic mass is 10.1. The van der Waals surface area contributed by atoms with E-state index in [1.165, 1.54) is 0 Å². The third-order valence-corrected chi connectivity index (χ3v) is 5.00. The maximum atomic E-state index is 12.5. The fraction of sp³-hybridized carbons (Fsp3) is 0.364. The predicted octanol–water partition coefficient (Wildman–Crippen LogP) is 3.02. The molecule has 1 saturated heterocycles. The highest BCUT2D eigenvalue weighted by atomic mass is 16.2. The molecule has 0 radical (unpaired) electrons. The average Bonchev–Trinajstić information content (AvgIpc) is 2.71. The second-order valence-corrected chi connectivity index (χ2v) is 7.26. The van der Waals surface area contributed by atoms with Gasteiger partial charge in [-0.25, -0.2) is 4.79 Å². The van der Waals surface area contributed by atoms with Crippen molar-refractivity contribution in [2.75, 3.05) is 38.0 Å². The quantitative estimate of drug-likeness (QED) is 0.838. The summed E-state index contributed by atoms with van der Waals surface area (Å²) in [5, 5.41) is 5.97. The topological polar surface area (TPSA) is 64.7 Å². The molecule has 2 N–H and O–H groups in total. The predicted molar refractivity (Wildman–Crippen MR) is 111 cm³/mol. The second kappa shape index (κ2) is 9.37. The lowest BCUT2D eigenvalue weighted by molar-refractivity contribution is -0.117. The van der Waals surface area contributed by atoms with E-state index in [1.54, 1.807) is 0 Å². The maximum absolute atomic E-state index is 12.5. The summed E-state index contributed by atoms with van der Waals surface area (Å²) in [6, 6.07) is 17.6. The average molecular weight is 380 g/mol. The Morgan fingerprint density at radius 3 is 2.25 bits per heavy atom. The highest BCUT2D eigenvalue weighted by Gasteiger charge is 2.23. The fourth-order valence-corrected chi connectivity index (χ4v) is 3.25. The molecule has 0 aromatic heterocycles. The maximum Gasteiger partial charge on any atom is 0.317 e. The number of benzene rings is 2. The molecule has 2 aromatic rings. The first-order valence-electron chi connectivity index (χ1n) is 9.70. The smallest absolute Gasteiger partial charge is 0.317 e. The molecule has 6 heteroatoms. The van der Waals surface area contributed by atoms with Crippen LogP contribution in [0.3, 0.4) is 0 Å². The number of nitrogens with one attached hydrogen (secondary N) is 2. The zero-order valence-electron chi connectivity index (χ0n) is 16.5. The van der Waals surface area contributed by atoms with Crippen LogP contribution in [0.5, 0.6) is 0 Å². The summed E-state index contributed by atoms with van der Waals surface area (Å²) >= 11 is 0. The van der Waals surface area contributed by atoms with Crippen LogP contribution in [0.25, 0.3) is 0 Å². The van der Waals surface area contributed by atoms with Crippen molar-refractivity contribution in [2.24, 2.45) is 0 Å². The van der Waals surface area contributed by atoms with Crippen LogP contribution in [0.15, 0.2) is 54.6 Å². The van der Waals surface area contributed by atoms with Crippen LogP contribution in [0.2, 0.25) is 0 Å². The minimum absolute atomic E-state index is 0.0283. The lowest BCUT2D eigenvalue weighted by Gasteiger charge is -2.35. The molecular formula is C22H28N4O2. The van der Waals surface area contributed by atoms with Crippen molar-refractivity contribution >= 4 is 17.6 Å². The van der Waals surface area contributed by atoms with Crippen molar-refractivity contribution in [1.29, 1.82) is 0 Å². The van der Waals surface area contributed by atoms with Crippen molar-refractivity contribution in [3.8, 4) is 0 Å². The van der Waals surface area contributed by atoms with E-state index in [-0.39, 0.29) is 18.0 Å². The molecule has 1 heterocycles. The van der Waals surface area contributed by atoms with Crippen LogP contribution < -0.4 is 10.6 Å². The van der Waals surface area contributed by atoms with Crippen LogP contribution in [0.1, 0.15) is 24.1 Å². The summed E-state index contributed by atoms with van der Waals surface area (Å²) in [5.41, 5.74) is 3.06. The summed E-state index contributed by atoms with van der Waals surface area (Å²) in [5.74, 6) is -0.0283. The highest BCUT2D eigenvalue weighted by Crippen LogP contribution is 2.13. The van der Waals surface area contributed by atoms with Gasteiger partial charge in [0.15, 0.2) is 0 Å². The van der Waals surface area contributed by atoms with E-state index in [1.807, 2.05) is 73.3 Å². The van der Waals surface area contributed by atoms with Gasteiger partial charge in [0.1, 0.15) is 0 Å². The molecular weight excluding hydrogens is 352 g/mol. The number of hydrogen-bond acceptors (Lipinski definition) is 3. The highest BCUT2D eigenvalue weighted by molar-refractivity contribution is 5.92. The van der Waals surface area contributed by atoms with Gasteiger partial charge in [0, 0.05) is 31.9 Å². The Balaban J connectivity index is 1.41. The number of urea groups is 1. The van der Waals surface area contributed by atoms with Gasteiger partial charge < -0.3 is 15.5 Å². The van der Waals surface area contributed by atoms with Gasteiger partial charge in [-0.15, -0.1) is 0 Å². The van der Waals surface area contributed by atoms with Crippen LogP contribution >= 0.6 is 0 Å². The molecule has 3 rings (SSSR count). The first-order valence-corrected chi connectivity index (χ1v) is 9.70. The Morgan fingerprint density at radius 1 is 0.964 bits per heavy atom. The zero-order chi connectivity index (χ0) is 19.9. The molecule has 0 saturated carbocycles. The van der Waals surface area contributed by atoms with Crippen LogP contribution in [0, 0.1) is 6.92 Å². The standard InChI is InChI=1S/C22H28N4O2/c1-17-8-10-20(11-9-17)24-21(27)16-25-12-14-26(15-13-25)22(28)23-18(2)19-6-4-3-5-7-19/h3-11,18H,12-16H2,1-2H3,(H,23,28)(H,24,27). The molecule has 0 spiro atoms. The van der Waals surface area contributed by atoms with Gasteiger partial charge in [-0.1, -0.05) is 48.0 Å². The van der Waals surface area contributed by atoms with E-state index >= 15 is 0 Å². The SMILES string of the molecule is Cc1ccc(NC(=O)CN2CCN(C(=O)NC(C)c3ccccc3)CC2)cc1. The molecule has 6 nitrogen and oxygen atoms in total. The normalized spacial score (nSPS) is 15.7. The molecule has 3 amide bonds. The number of carbonyl (C=O) groups excluding carboxylic acids is 2. The number of carbonyl (C=O) groups is 2. The largest absolute Gasteiger partial charge is 0.331 e. The van der Waals surface area contributed by atoms with E-state index in [4.69, 9.17) is 0 Å². The minimum Gasteiger partial charge on any atom is -0.331 e. The number of aryl methyl sites for hydroxylation is 1. The van der Waals surface area contributed by atoms with Crippen LogP contribution in [-0.4, -0.2) is 54.5 Å². The number of amides is 3. The van der Waals surface area contributed by atoms with E-state index < -0.39 is 0 Å². The summed E-state index contributed by atoms with van der Waals surface area (Å²) in [7, 11) is 0. The molecule has 148 valence electrons. The summed E-state index contributed by atoms with van der Waals surface area (Å²) in [4.78, 5) is 28.6. The Kier molecular flexibility index (Phi) is 6.66. The number of hydrogen-bond donors (Lipinski definition) is 2. The molecule has 1 unspecified atom stereocenters. The fourth-order valence-electron chi connectivity index (χ4n) is 3.25. The van der Waals surface area contributed by atoms with Crippen molar-refractivity contribution in [3.05, 3.63) is 65.7 Å². The number of rotatable bonds is 5. The third-order valence-electron chi connectivity index (χ3n) is 5.00. The first-order chi connectivity index (χ1) is 13.5.